The maximum Gasteiger partial charge on any atom is 0.269 e. The number of nitrogens with zero attached hydrogens (tertiary/aromatic N) is 5. The number of rotatable bonds is 3. The number of fused-ring (bicyclic) bond motifs is 1. The zero-order chi connectivity index (χ0) is 17.4. The molecule has 2 heterocycles. The molecule has 0 unspecified atom stereocenters. The summed E-state index contributed by atoms with van der Waals surface area (Å²) in [6, 6.07) is 14.3. The van der Waals surface area contributed by atoms with Gasteiger partial charge in [0.15, 0.2) is 0 Å². The molecule has 8 heteroatoms. The molecule has 3 aromatic rings. The van der Waals surface area contributed by atoms with Gasteiger partial charge in [-0.2, -0.15) is 4.68 Å². The molecule has 1 aliphatic heterocycles. The minimum Gasteiger partial charge on any atom is -0.323 e. The number of hydrogen-bond donors (Lipinski definition) is 1. The molecule has 8 nitrogen and oxygen atoms in total. The number of nitrogens with one attached hydrogen (secondary N) is 1. The maximum absolute atomic E-state index is 10.9. The fraction of sp³-hybridized carbons (Fsp3) is 0.118. The van der Waals surface area contributed by atoms with Crippen LogP contribution in [0.5, 0.6) is 0 Å². The Labute approximate surface area is 142 Å². The number of aromatic nitrogens is 4. The van der Waals surface area contributed by atoms with Crippen molar-refractivity contribution in [3.05, 3.63) is 81.4 Å². The number of hydrogen-bond acceptors (Lipinski definition) is 6. The first-order chi connectivity index (χ1) is 12.1. The summed E-state index contributed by atoms with van der Waals surface area (Å²) in [5.74, 6) is 0.529. The second-order valence-electron chi connectivity index (χ2n) is 5.81. The Morgan fingerprint density at radius 1 is 1.12 bits per heavy atom. The van der Waals surface area contributed by atoms with E-state index < -0.39 is 4.92 Å². The summed E-state index contributed by atoms with van der Waals surface area (Å²) in [5.41, 5.74) is 4.01. The van der Waals surface area contributed by atoms with Crippen LogP contribution in [-0.2, 0) is 0 Å². The number of tetrazole rings is 1. The fourth-order valence-corrected chi connectivity index (χ4v) is 2.79. The van der Waals surface area contributed by atoms with E-state index >= 15 is 0 Å². The Morgan fingerprint density at radius 2 is 1.84 bits per heavy atom. The molecule has 1 atom stereocenters. The third-order valence-electron chi connectivity index (χ3n) is 4.14. The van der Waals surface area contributed by atoms with Gasteiger partial charge in [0.2, 0.25) is 5.95 Å². The predicted molar refractivity (Wildman–Crippen MR) is 91.8 cm³/mol. The molecule has 0 bridgehead atoms. The normalized spacial score (nSPS) is 15.9. The van der Waals surface area contributed by atoms with Gasteiger partial charge in [-0.15, -0.1) is 0 Å². The zero-order valence-electron chi connectivity index (χ0n) is 13.3. The van der Waals surface area contributed by atoms with Gasteiger partial charge in [0.05, 0.1) is 4.92 Å². The number of benzene rings is 2. The number of nitro benzene ring substituents is 1. The molecule has 124 valence electrons. The third kappa shape index (κ3) is 2.74. The molecule has 0 fully saturated rings. The van der Waals surface area contributed by atoms with Gasteiger partial charge in [0.1, 0.15) is 6.04 Å². The van der Waals surface area contributed by atoms with Crippen LogP contribution in [0.1, 0.15) is 22.7 Å². The van der Waals surface area contributed by atoms with Gasteiger partial charge in [-0.05, 0) is 46.7 Å². The average Bonchev–Trinajstić information content (AvgIpc) is 3.10. The summed E-state index contributed by atoms with van der Waals surface area (Å²) in [6.45, 7) is 2.03. The first-order valence-electron chi connectivity index (χ1n) is 7.70. The van der Waals surface area contributed by atoms with Crippen molar-refractivity contribution in [2.45, 2.75) is 13.0 Å². The Bertz CT molecular complexity index is 960. The highest BCUT2D eigenvalue weighted by Crippen LogP contribution is 2.32. The van der Waals surface area contributed by atoms with Crippen molar-refractivity contribution < 1.29 is 4.92 Å². The second kappa shape index (κ2) is 5.82. The van der Waals surface area contributed by atoms with Crippen LogP contribution in [0.25, 0.3) is 5.70 Å². The van der Waals surface area contributed by atoms with Crippen molar-refractivity contribution in [2.75, 3.05) is 5.32 Å². The van der Waals surface area contributed by atoms with Crippen LogP contribution in [0.15, 0.2) is 54.6 Å². The van der Waals surface area contributed by atoms with Gasteiger partial charge in [-0.1, -0.05) is 34.9 Å². The SMILES string of the molecule is Cc1ccc(C2=C[C@@H](c3ccc([N+](=O)[O-])cc3)n3nnnc3N2)cc1. The summed E-state index contributed by atoms with van der Waals surface area (Å²) in [7, 11) is 0. The van der Waals surface area contributed by atoms with E-state index in [0.717, 1.165) is 16.8 Å². The third-order valence-corrected chi connectivity index (χ3v) is 4.14. The number of aryl methyl sites for hydroxylation is 1. The highest BCUT2D eigenvalue weighted by Gasteiger charge is 2.24. The van der Waals surface area contributed by atoms with Crippen LogP contribution in [0, 0.1) is 17.0 Å². The lowest BCUT2D eigenvalue weighted by Crippen LogP contribution is -2.20. The fourth-order valence-electron chi connectivity index (χ4n) is 2.79. The lowest BCUT2D eigenvalue weighted by molar-refractivity contribution is -0.384. The standard InChI is InChI=1S/C17H14N6O2/c1-11-2-4-12(5-3-11)15-10-16(22-17(18-15)19-20-21-22)13-6-8-14(9-7-13)23(24)25/h2-10,16H,1H3,(H,18,19,21)/t16-/m0/s1. The highest BCUT2D eigenvalue weighted by atomic mass is 16.6. The molecular formula is C17H14N6O2. The Hall–Kier alpha value is -3.55. The lowest BCUT2D eigenvalue weighted by Gasteiger charge is -2.23. The van der Waals surface area contributed by atoms with Crippen LogP contribution in [0.3, 0.4) is 0 Å². The van der Waals surface area contributed by atoms with E-state index in [4.69, 9.17) is 0 Å². The van der Waals surface area contributed by atoms with Gasteiger partial charge in [0.25, 0.3) is 5.69 Å². The van der Waals surface area contributed by atoms with E-state index in [0.29, 0.717) is 5.95 Å². The predicted octanol–water partition coefficient (Wildman–Crippen LogP) is 2.95. The molecule has 0 spiro atoms. The first-order valence-corrected chi connectivity index (χ1v) is 7.70. The van der Waals surface area contributed by atoms with Crippen LogP contribution in [0.2, 0.25) is 0 Å². The molecule has 0 saturated carbocycles. The molecule has 0 aliphatic carbocycles. The Kier molecular flexibility index (Phi) is 3.50. The van der Waals surface area contributed by atoms with Crippen LogP contribution >= 0.6 is 0 Å². The van der Waals surface area contributed by atoms with Gasteiger partial charge in [0, 0.05) is 17.8 Å². The smallest absolute Gasteiger partial charge is 0.269 e. The van der Waals surface area contributed by atoms with Gasteiger partial charge in [-0.3, -0.25) is 10.1 Å². The van der Waals surface area contributed by atoms with Crippen molar-refractivity contribution in [1.29, 1.82) is 0 Å². The van der Waals surface area contributed by atoms with Gasteiger partial charge >= 0.3 is 0 Å². The van der Waals surface area contributed by atoms with Crippen LogP contribution in [-0.4, -0.2) is 25.1 Å². The van der Waals surface area contributed by atoms with Crippen LogP contribution < -0.4 is 5.32 Å². The molecule has 0 radical (unpaired) electrons. The van der Waals surface area contributed by atoms with Crippen LogP contribution in [0.4, 0.5) is 11.6 Å². The summed E-state index contributed by atoms with van der Waals surface area (Å²) < 4.78 is 1.65. The minimum absolute atomic E-state index is 0.0531. The van der Waals surface area contributed by atoms with Crippen molar-refractivity contribution in [3.63, 3.8) is 0 Å². The maximum atomic E-state index is 10.9. The molecule has 25 heavy (non-hydrogen) atoms. The topological polar surface area (TPSA) is 98.8 Å². The average molecular weight is 334 g/mol. The summed E-state index contributed by atoms with van der Waals surface area (Å²) >= 11 is 0. The lowest BCUT2D eigenvalue weighted by atomic mass is 10.0. The summed E-state index contributed by atoms with van der Waals surface area (Å²) in [4.78, 5) is 10.4. The molecule has 4 rings (SSSR count). The molecule has 1 N–H and O–H groups in total. The van der Waals surface area contributed by atoms with E-state index in [9.17, 15) is 10.1 Å². The quantitative estimate of drug-likeness (QED) is 0.584. The number of nitro groups is 1. The van der Waals surface area contributed by atoms with Crippen molar-refractivity contribution >= 4 is 17.3 Å². The molecule has 1 aliphatic rings. The van der Waals surface area contributed by atoms with Gasteiger partial charge in [-0.25, -0.2) is 0 Å². The Morgan fingerprint density at radius 3 is 2.52 bits per heavy atom. The van der Waals surface area contributed by atoms with E-state index in [-0.39, 0.29) is 11.7 Å². The van der Waals surface area contributed by atoms with E-state index in [2.05, 4.69) is 20.8 Å². The number of non-ortho nitro benzene ring substituents is 1. The number of anilines is 1. The Balaban J connectivity index is 1.76. The molecule has 1 aromatic heterocycles. The van der Waals surface area contributed by atoms with Gasteiger partial charge < -0.3 is 5.32 Å². The monoisotopic (exact) mass is 334 g/mol. The molecule has 0 amide bonds. The van der Waals surface area contributed by atoms with Crippen molar-refractivity contribution in [2.24, 2.45) is 0 Å². The van der Waals surface area contributed by atoms with Crippen molar-refractivity contribution in [3.8, 4) is 0 Å². The summed E-state index contributed by atoms with van der Waals surface area (Å²) in [5, 5.41) is 25.8. The largest absolute Gasteiger partial charge is 0.323 e. The van der Waals surface area contributed by atoms with E-state index in [1.807, 2.05) is 37.3 Å². The second-order valence-corrected chi connectivity index (χ2v) is 5.81. The zero-order valence-corrected chi connectivity index (χ0v) is 13.3. The first kappa shape index (κ1) is 15.0. The van der Waals surface area contributed by atoms with E-state index in [1.54, 1.807) is 16.8 Å². The molecule has 0 saturated heterocycles. The van der Waals surface area contributed by atoms with E-state index in [1.165, 1.54) is 17.7 Å². The number of allylic oxidation sites excluding steroid dienone is 1. The minimum atomic E-state index is -0.414. The highest BCUT2D eigenvalue weighted by molar-refractivity contribution is 5.77. The molecular weight excluding hydrogens is 320 g/mol. The summed E-state index contributed by atoms with van der Waals surface area (Å²) in [6.07, 6.45) is 2.01. The van der Waals surface area contributed by atoms with Crippen molar-refractivity contribution in [1.82, 2.24) is 20.2 Å². The molecule has 2 aromatic carbocycles.